The average Bonchev–Trinajstić information content (AvgIpc) is 2.95. The molecule has 0 bridgehead atoms. The summed E-state index contributed by atoms with van der Waals surface area (Å²) in [5.74, 6) is -0.338. The van der Waals surface area contributed by atoms with Crippen LogP contribution in [-0.2, 0) is 11.2 Å². The van der Waals surface area contributed by atoms with Crippen LogP contribution in [0.25, 0.3) is 21.3 Å². The van der Waals surface area contributed by atoms with Gasteiger partial charge in [0, 0.05) is 10.4 Å². The molecule has 0 aliphatic heterocycles. The number of rotatable bonds is 5. The van der Waals surface area contributed by atoms with Gasteiger partial charge in [0.1, 0.15) is 16.2 Å². The lowest BCUT2D eigenvalue weighted by Crippen LogP contribution is -2.22. The number of hydrogen-bond donors (Lipinski definition) is 1. The van der Waals surface area contributed by atoms with Gasteiger partial charge in [0.05, 0.1) is 10.6 Å². The molecule has 24 heavy (non-hydrogen) atoms. The number of thiophene rings is 1. The fourth-order valence-electron chi connectivity index (χ4n) is 2.54. The van der Waals surface area contributed by atoms with Crippen molar-refractivity contribution in [3.8, 4) is 11.1 Å². The standard InChI is InChI=1S/C18H19N3OS2/c1-4-13-14(12-7-5-10(2)6-8-12)15-17(23-11(3)16(19)22)20-9-21-18(15)24-13/h5-9,11H,4H2,1-3H3,(H2,19,22). The Morgan fingerprint density at radius 3 is 2.62 bits per heavy atom. The molecular weight excluding hydrogens is 338 g/mol. The van der Waals surface area contributed by atoms with Gasteiger partial charge in [-0.25, -0.2) is 9.97 Å². The first kappa shape index (κ1) is 16.9. The summed E-state index contributed by atoms with van der Waals surface area (Å²) in [5.41, 5.74) is 8.99. The molecule has 1 amide bonds. The normalized spacial score (nSPS) is 12.5. The van der Waals surface area contributed by atoms with Crippen molar-refractivity contribution in [3.63, 3.8) is 0 Å². The van der Waals surface area contributed by atoms with Gasteiger partial charge in [-0.1, -0.05) is 48.5 Å². The molecule has 3 rings (SSSR count). The van der Waals surface area contributed by atoms with E-state index in [1.807, 2.05) is 0 Å². The van der Waals surface area contributed by atoms with Gasteiger partial charge in [0.25, 0.3) is 0 Å². The third-order valence-electron chi connectivity index (χ3n) is 3.88. The number of hydrogen-bond acceptors (Lipinski definition) is 5. The highest BCUT2D eigenvalue weighted by Crippen LogP contribution is 2.42. The van der Waals surface area contributed by atoms with Crippen LogP contribution in [0.2, 0.25) is 0 Å². The van der Waals surface area contributed by atoms with Gasteiger partial charge in [-0.15, -0.1) is 11.3 Å². The molecule has 0 fully saturated rings. The lowest BCUT2D eigenvalue weighted by Gasteiger charge is -2.09. The van der Waals surface area contributed by atoms with Crippen LogP contribution >= 0.6 is 23.1 Å². The lowest BCUT2D eigenvalue weighted by molar-refractivity contribution is -0.117. The molecule has 3 aromatic rings. The van der Waals surface area contributed by atoms with Crippen molar-refractivity contribution in [2.24, 2.45) is 5.73 Å². The molecule has 2 aromatic heterocycles. The number of nitrogens with two attached hydrogens (primary N) is 1. The minimum absolute atomic E-state index is 0.334. The number of amides is 1. The van der Waals surface area contributed by atoms with Crippen LogP contribution in [0.1, 0.15) is 24.3 Å². The van der Waals surface area contributed by atoms with E-state index in [1.54, 1.807) is 24.6 Å². The maximum absolute atomic E-state index is 11.5. The van der Waals surface area contributed by atoms with Crippen molar-refractivity contribution in [1.29, 1.82) is 0 Å². The summed E-state index contributed by atoms with van der Waals surface area (Å²) in [6.45, 7) is 6.03. The largest absolute Gasteiger partial charge is 0.369 e. The predicted molar refractivity (Wildman–Crippen MR) is 101 cm³/mol. The maximum Gasteiger partial charge on any atom is 0.230 e. The van der Waals surface area contributed by atoms with E-state index in [0.29, 0.717) is 0 Å². The van der Waals surface area contributed by atoms with E-state index in [0.717, 1.165) is 27.2 Å². The Hall–Kier alpha value is -1.92. The zero-order valence-electron chi connectivity index (χ0n) is 13.9. The van der Waals surface area contributed by atoms with Crippen molar-refractivity contribution < 1.29 is 4.79 Å². The Kier molecular flexibility index (Phi) is 4.87. The molecule has 0 aliphatic rings. The van der Waals surface area contributed by atoms with E-state index in [-0.39, 0.29) is 11.2 Å². The molecule has 2 N–H and O–H groups in total. The van der Waals surface area contributed by atoms with Crippen molar-refractivity contribution in [2.75, 3.05) is 0 Å². The topological polar surface area (TPSA) is 68.9 Å². The zero-order chi connectivity index (χ0) is 17.3. The van der Waals surface area contributed by atoms with Gasteiger partial charge >= 0.3 is 0 Å². The number of aromatic nitrogens is 2. The second-order valence-corrected chi connectivity index (χ2v) is 8.05. The number of carbonyl (C=O) groups is 1. The van der Waals surface area contributed by atoms with Crippen LogP contribution in [-0.4, -0.2) is 21.1 Å². The van der Waals surface area contributed by atoms with E-state index in [4.69, 9.17) is 5.73 Å². The monoisotopic (exact) mass is 357 g/mol. The smallest absolute Gasteiger partial charge is 0.230 e. The Balaban J connectivity index is 2.22. The molecule has 1 unspecified atom stereocenters. The van der Waals surface area contributed by atoms with Gasteiger partial charge in [-0.05, 0) is 25.8 Å². The second-order valence-electron chi connectivity index (χ2n) is 5.64. The average molecular weight is 358 g/mol. The quantitative estimate of drug-likeness (QED) is 0.549. The Morgan fingerprint density at radius 1 is 1.29 bits per heavy atom. The van der Waals surface area contributed by atoms with Crippen LogP contribution in [0.15, 0.2) is 35.6 Å². The number of thioether (sulfide) groups is 1. The summed E-state index contributed by atoms with van der Waals surface area (Å²) in [5, 5.41) is 1.51. The minimum Gasteiger partial charge on any atom is -0.369 e. The van der Waals surface area contributed by atoms with Gasteiger partial charge < -0.3 is 5.73 Å². The van der Waals surface area contributed by atoms with Crippen molar-refractivity contribution in [1.82, 2.24) is 9.97 Å². The summed E-state index contributed by atoms with van der Waals surface area (Å²) in [6, 6.07) is 8.49. The molecule has 0 radical (unpaired) electrons. The number of fused-ring (bicyclic) bond motifs is 1. The molecule has 2 heterocycles. The number of carbonyl (C=O) groups excluding carboxylic acids is 1. The van der Waals surface area contributed by atoms with Gasteiger partial charge in [-0.3, -0.25) is 4.79 Å². The molecule has 0 spiro atoms. The van der Waals surface area contributed by atoms with E-state index >= 15 is 0 Å². The Bertz CT molecular complexity index is 887. The molecule has 1 atom stereocenters. The summed E-state index contributed by atoms with van der Waals surface area (Å²) in [4.78, 5) is 22.6. The highest BCUT2D eigenvalue weighted by Gasteiger charge is 2.21. The summed E-state index contributed by atoms with van der Waals surface area (Å²) in [7, 11) is 0. The first-order valence-corrected chi connectivity index (χ1v) is 9.50. The van der Waals surface area contributed by atoms with Crippen molar-refractivity contribution in [3.05, 3.63) is 41.0 Å². The lowest BCUT2D eigenvalue weighted by atomic mass is 10.0. The highest BCUT2D eigenvalue weighted by molar-refractivity contribution is 8.00. The van der Waals surface area contributed by atoms with E-state index in [2.05, 4.69) is 48.1 Å². The first-order chi connectivity index (χ1) is 11.5. The molecule has 4 nitrogen and oxygen atoms in total. The van der Waals surface area contributed by atoms with Crippen LogP contribution in [0.4, 0.5) is 0 Å². The molecule has 124 valence electrons. The predicted octanol–water partition coefficient (Wildman–Crippen LogP) is 4.20. The number of aryl methyl sites for hydroxylation is 2. The first-order valence-electron chi connectivity index (χ1n) is 7.80. The molecule has 0 saturated carbocycles. The van der Waals surface area contributed by atoms with Crippen molar-refractivity contribution in [2.45, 2.75) is 37.5 Å². The van der Waals surface area contributed by atoms with E-state index in [1.165, 1.54) is 27.8 Å². The number of benzene rings is 1. The minimum atomic E-state index is -0.338. The fraction of sp³-hybridized carbons (Fsp3) is 0.278. The maximum atomic E-state index is 11.5. The molecule has 0 aliphatic carbocycles. The molecule has 1 aromatic carbocycles. The van der Waals surface area contributed by atoms with Crippen LogP contribution in [0.3, 0.4) is 0 Å². The van der Waals surface area contributed by atoms with Crippen molar-refractivity contribution >= 4 is 39.2 Å². The third kappa shape index (κ3) is 3.16. The molecular formula is C18H19N3OS2. The summed E-state index contributed by atoms with van der Waals surface area (Å²) < 4.78 is 0. The number of nitrogens with zero attached hydrogens (tertiary/aromatic N) is 2. The van der Waals surface area contributed by atoms with Crippen LogP contribution < -0.4 is 5.73 Å². The van der Waals surface area contributed by atoms with Gasteiger partial charge in [0.2, 0.25) is 5.91 Å². The van der Waals surface area contributed by atoms with Crippen LogP contribution in [0.5, 0.6) is 0 Å². The number of primary amides is 1. The Morgan fingerprint density at radius 2 is 2.00 bits per heavy atom. The highest BCUT2D eigenvalue weighted by atomic mass is 32.2. The van der Waals surface area contributed by atoms with Gasteiger partial charge in [0.15, 0.2) is 0 Å². The summed E-state index contributed by atoms with van der Waals surface area (Å²) in [6.07, 6.45) is 2.49. The Labute approximate surface area is 149 Å². The van der Waals surface area contributed by atoms with E-state index in [9.17, 15) is 4.79 Å². The third-order valence-corrected chi connectivity index (χ3v) is 6.24. The van der Waals surface area contributed by atoms with E-state index < -0.39 is 0 Å². The summed E-state index contributed by atoms with van der Waals surface area (Å²) >= 11 is 3.09. The molecule has 0 saturated heterocycles. The second kappa shape index (κ2) is 6.91. The van der Waals surface area contributed by atoms with Crippen LogP contribution in [0, 0.1) is 6.92 Å². The fourth-order valence-corrected chi connectivity index (χ4v) is 4.58. The SMILES string of the molecule is CCc1sc2ncnc(SC(C)C(N)=O)c2c1-c1ccc(C)cc1. The van der Waals surface area contributed by atoms with Gasteiger partial charge in [-0.2, -0.15) is 0 Å². The zero-order valence-corrected chi connectivity index (χ0v) is 15.5. The molecule has 6 heteroatoms.